The van der Waals surface area contributed by atoms with E-state index in [-0.39, 0.29) is 19.6 Å². The summed E-state index contributed by atoms with van der Waals surface area (Å²) in [5.41, 5.74) is 0.0808. The number of esters is 1. The first-order valence-corrected chi connectivity index (χ1v) is 7.70. The summed E-state index contributed by atoms with van der Waals surface area (Å²) in [7, 11) is 0. The van der Waals surface area contributed by atoms with E-state index in [1.54, 1.807) is 20.8 Å². The lowest BCUT2D eigenvalue weighted by molar-refractivity contribution is -0.908. The number of carboxylic acid groups (broad SMARTS) is 1. The van der Waals surface area contributed by atoms with Crippen LogP contribution in [0.2, 0.25) is 0 Å². The first-order chi connectivity index (χ1) is 10.7. The SMILES string of the molecule is CC(C)(C)[N+]1(C(=O)O)CC[C@H](O)[C@H]1C(=O)OCc1ccccc1. The first-order valence-electron chi connectivity index (χ1n) is 7.70. The smallest absolute Gasteiger partial charge is 0.456 e. The summed E-state index contributed by atoms with van der Waals surface area (Å²) in [4.78, 5) is 24.5. The Morgan fingerprint density at radius 2 is 1.87 bits per heavy atom. The summed E-state index contributed by atoms with van der Waals surface area (Å²) in [5, 5.41) is 20.0. The van der Waals surface area contributed by atoms with Gasteiger partial charge in [0, 0.05) is 6.42 Å². The number of hydrogen-bond donors (Lipinski definition) is 2. The second-order valence-corrected chi connectivity index (χ2v) is 6.94. The van der Waals surface area contributed by atoms with Gasteiger partial charge in [-0.25, -0.2) is 9.28 Å². The van der Waals surface area contributed by atoms with Crippen LogP contribution in [0.25, 0.3) is 0 Å². The minimum Gasteiger partial charge on any atom is -0.456 e. The fraction of sp³-hybridized carbons (Fsp3) is 0.529. The number of likely N-dealkylation sites (tertiary alicyclic amines) is 1. The highest BCUT2D eigenvalue weighted by Crippen LogP contribution is 2.38. The predicted molar refractivity (Wildman–Crippen MR) is 83.6 cm³/mol. The molecule has 3 atom stereocenters. The van der Waals surface area contributed by atoms with Gasteiger partial charge in [-0.3, -0.25) is 0 Å². The van der Waals surface area contributed by atoms with Crippen LogP contribution in [0.4, 0.5) is 4.79 Å². The molecule has 0 bridgehead atoms. The molecule has 1 amide bonds. The zero-order valence-electron chi connectivity index (χ0n) is 13.7. The van der Waals surface area contributed by atoms with Gasteiger partial charge in [0.15, 0.2) is 0 Å². The number of carbonyl (C=O) groups excluding carboxylic acids is 1. The van der Waals surface area contributed by atoms with Gasteiger partial charge in [-0.05, 0) is 26.3 Å². The Hall–Kier alpha value is -1.92. The molecule has 126 valence electrons. The minimum absolute atomic E-state index is 0.0622. The second kappa shape index (κ2) is 6.29. The van der Waals surface area contributed by atoms with Crippen LogP contribution >= 0.6 is 0 Å². The molecule has 6 heteroatoms. The van der Waals surface area contributed by atoms with Crippen molar-refractivity contribution in [1.29, 1.82) is 0 Å². The highest BCUT2D eigenvalue weighted by Gasteiger charge is 2.63. The standard InChI is InChI=1S/C17H23NO5/c1-17(2,3)18(16(21)22)10-9-13(19)14(18)15(20)23-11-12-7-5-4-6-8-12/h4-8,13-14,19H,9-11H2,1-3H3/p+1/t13-,14-,18?/m0/s1. The minimum atomic E-state index is -1.12. The number of ether oxygens (including phenoxy) is 1. The number of amides is 1. The molecule has 0 radical (unpaired) electrons. The molecule has 1 saturated heterocycles. The molecule has 1 aromatic rings. The van der Waals surface area contributed by atoms with Gasteiger partial charge in [-0.2, -0.15) is 4.79 Å². The summed E-state index contributed by atoms with van der Waals surface area (Å²) in [6, 6.07) is 8.05. The number of hydrogen-bond acceptors (Lipinski definition) is 4. The number of aliphatic hydroxyl groups is 1. The van der Waals surface area contributed by atoms with Gasteiger partial charge < -0.3 is 14.9 Å². The topological polar surface area (TPSA) is 83.8 Å². The fourth-order valence-electron chi connectivity index (χ4n) is 3.33. The van der Waals surface area contributed by atoms with Gasteiger partial charge in [0.25, 0.3) is 0 Å². The molecular formula is C17H24NO5+. The van der Waals surface area contributed by atoms with E-state index in [1.165, 1.54) is 0 Å². The zero-order chi connectivity index (χ0) is 17.3. The van der Waals surface area contributed by atoms with Crippen molar-refractivity contribution < 1.29 is 29.0 Å². The lowest BCUT2D eigenvalue weighted by Crippen LogP contribution is -2.69. The molecular weight excluding hydrogens is 298 g/mol. The molecule has 2 rings (SSSR count). The molecule has 1 aliphatic heterocycles. The van der Waals surface area contributed by atoms with Crippen molar-refractivity contribution in [2.24, 2.45) is 0 Å². The lowest BCUT2D eigenvalue weighted by atomic mass is 9.99. The number of nitrogens with zero attached hydrogens (tertiary/aromatic N) is 1. The average Bonchev–Trinajstić information content (AvgIpc) is 2.84. The monoisotopic (exact) mass is 322 g/mol. The second-order valence-electron chi connectivity index (χ2n) is 6.94. The maximum absolute atomic E-state index is 12.5. The Labute approximate surface area is 135 Å². The van der Waals surface area contributed by atoms with Crippen LogP contribution < -0.4 is 0 Å². The average molecular weight is 322 g/mol. The van der Waals surface area contributed by atoms with Gasteiger partial charge in [0.2, 0.25) is 6.04 Å². The normalized spacial score (nSPS) is 27.7. The number of benzene rings is 1. The van der Waals surface area contributed by atoms with E-state index in [9.17, 15) is 19.8 Å². The summed E-state index contributed by atoms with van der Waals surface area (Å²) in [6.07, 6.45) is -1.88. The Kier molecular flexibility index (Phi) is 4.77. The maximum Gasteiger partial charge on any atom is 0.514 e. The largest absolute Gasteiger partial charge is 0.514 e. The molecule has 0 aliphatic carbocycles. The van der Waals surface area contributed by atoms with Crippen molar-refractivity contribution in [3.8, 4) is 0 Å². The molecule has 1 fully saturated rings. The van der Waals surface area contributed by atoms with Gasteiger partial charge in [-0.15, -0.1) is 0 Å². The summed E-state index contributed by atoms with van der Waals surface area (Å²) in [6.45, 7) is 5.54. The van der Waals surface area contributed by atoms with E-state index in [0.29, 0.717) is 0 Å². The third kappa shape index (κ3) is 3.09. The van der Waals surface area contributed by atoms with Gasteiger partial charge >= 0.3 is 12.1 Å². The molecule has 1 aliphatic rings. The number of carbonyl (C=O) groups is 2. The van der Waals surface area contributed by atoms with Crippen LogP contribution in [-0.4, -0.2) is 51.0 Å². The molecule has 0 spiro atoms. The third-order valence-electron chi connectivity index (χ3n) is 4.62. The Balaban J connectivity index is 2.23. The van der Waals surface area contributed by atoms with E-state index < -0.39 is 34.2 Å². The van der Waals surface area contributed by atoms with E-state index >= 15 is 0 Å². The molecule has 23 heavy (non-hydrogen) atoms. The highest BCUT2D eigenvalue weighted by molar-refractivity contribution is 5.78. The van der Waals surface area contributed by atoms with Crippen LogP contribution in [-0.2, 0) is 16.1 Å². The number of rotatable bonds is 3. The predicted octanol–water partition coefficient (Wildman–Crippen LogP) is 2.16. The van der Waals surface area contributed by atoms with E-state index in [0.717, 1.165) is 5.56 Å². The lowest BCUT2D eigenvalue weighted by Gasteiger charge is -2.43. The molecule has 1 heterocycles. The van der Waals surface area contributed by atoms with Crippen molar-refractivity contribution in [3.63, 3.8) is 0 Å². The van der Waals surface area contributed by atoms with Gasteiger partial charge in [0.1, 0.15) is 18.2 Å². The van der Waals surface area contributed by atoms with Crippen LogP contribution in [0, 0.1) is 0 Å². The number of quaternary nitrogens is 1. The van der Waals surface area contributed by atoms with Gasteiger partial charge in [0.05, 0.1) is 6.54 Å². The Bertz CT molecular complexity index is 580. The fourth-order valence-corrected chi connectivity index (χ4v) is 3.33. The quantitative estimate of drug-likeness (QED) is 0.658. The van der Waals surface area contributed by atoms with Crippen molar-refractivity contribution in [1.82, 2.24) is 0 Å². The van der Waals surface area contributed by atoms with Crippen molar-refractivity contribution in [3.05, 3.63) is 35.9 Å². The van der Waals surface area contributed by atoms with Crippen molar-refractivity contribution in [2.75, 3.05) is 6.54 Å². The molecule has 1 aromatic carbocycles. The summed E-state index contributed by atoms with van der Waals surface area (Å²) < 4.78 is 4.79. The zero-order valence-corrected chi connectivity index (χ0v) is 13.7. The highest BCUT2D eigenvalue weighted by atomic mass is 16.5. The Morgan fingerprint density at radius 1 is 1.26 bits per heavy atom. The van der Waals surface area contributed by atoms with Crippen LogP contribution in [0.1, 0.15) is 32.8 Å². The van der Waals surface area contributed by atoms with Crippen LogP contribution in [0.3, 0.4) is 0 Å². The van der Waals surface area contributed by atoms with Crippen LogP contribution in [0.5, 0.6) is 0 Å². The van der Waals surface area contributed by atoms with Crippen LogP contribution in [0.15, 0.2) is 30.3 Å². The van der Waals surface area contributed by atoms with E-state index in [1.807, 2.05) is 30.3 Å². The Morgan fingerprint density at radius 3 is 2.39 bits per heavy atom. The van der Waals surface area contributed by atoms with Crippen molar-refractivity contribution >= 4 is 12.1 Å². The summed E-state index contributed by atoms with van der Waals surface area (Å²) >= 11 is 0. The van der Waals surface area contributed by atoms with Crippen molar-refractivity contribution in [2.45, 2.75) is 51.5 Å². The number of aliphatic hydroxyl groups excluding tert-OH is 1. The molecule has 2 N–H and O–H groups in total. The third-order valence-corrected chi connectivity index (χ3v) is 4.62. The summed E-state index contributed by atoms with van der Waals surface area (Å²) in [5.74, 6) is -0.670. The maximum atomic E-state index is 12.5. The molecule has 0 saturated carbocycles. The van der Waals surface area contributed by atoms with E-state index in [2.05, 4.69) is 0 Å². The van der Waals surface area contributed by atoms with E-state index in [4.69, 9.17) is 4.74 Å². The molecule has 1 unspecified atom stereocenters. The molecule has 6 nitrogen and oxygen atoms in total. The van der Waals surface area contributed by atoms with Gasteiger partial charge in [-0.1, -0.05) is 30.3 Å². The molecule has 0 aromatic heterocycles. The first kappa shape index (κ1) is 17.4.